The van der Waals surface area contributed by atoms with Crippen molar-refractivity contribution in [3.8, 4) is 5.75 Å². The number of benzene rings is 1. The molecule has 1 atom stereocenters. The van der Waals surface area contributed by atoms with Crippen molar-refractivity contribution in [3.05, 3.63) is 23.8 Å². The fourth-order valence-corrected chi connectivity index (χ4v) is 1.78. The van der Waals surface area contributed by atoms with Crippen LogP contribution in [-0.4, -0.2) is 28.8 Å². The summed E-state index contributed by atoms with van der Waals surface area (Å²) in [6.07, 6.45) is 2.24. The van der Waals surface area contributed by atoms with Crippen molar-refractivity contribution in [2.45, 2.75) is 32.7 Å². The Morgan fingerprint density at radius 2 is 2.11 bits per heavy atom. The smallest absolute Gasteiger partial charge is 0.320 e. The first-order valence-corrected chi connectivity index (χ1v) is 6.46. The Morgan fingerprint density at radius 1 is 1.42 bits per heavy atom. The van der Waals surface area contributed by atoms with Gasteiger partial charge in [-0.3, -0.25) is 4.79 Å². The lowest BCUT2D eigenvalue weighted by Crippen LogP contribution is -2.34. The third-order valence-electron chi connectivity index (χ3n) is 3.06. The average molecular weight is 266 g/mol. The van der Waals surface area contributed by atoms with Gasteiger partial charge in [0.15, 0.2) is 0 Å². The van der Waals surface area contributed by atoms with Crippen LogP contribution in [0.5, 0.6) is 5.75 Å². The Labute approximate surface area is 113 Å². The average Bonchev–Trinajstić information content (AvgIpc) is 2.39. The number of aromatic hydroxyl groups is 1. The van der Waals surface area contributed by atoms with Crippen molar-refractivity contribution >= 4 is 11.7 Å². The van der Waals surface area contributed by atoms with Gasteiger partial charge in [0.25, 0.3) is 0 Å². The number of aliphatic carboxylic acids is 1. The summed E-state index contributed by atoms with van der Waals surface area (Å²) in [6, 6.07) is 4.95. The Hall–Kier alpha value is -1.75. The van der Waals surface area contributed by atoms with Gasteiger partial charge in [0.1, 0.15) is 11.8 Å². The summed E-state index contributed by atoms with van der Waals surface area (Å²) in [5.74, 6) is -0.533. The molecule has 0 saturated carbocycles. The molecular weight excluding hydrogens is 244 g/mol. The Balaban J connectivity index is 0.000000203. The van der Waals surface area contributed by atoms with Gasteiger partial charge in [0.2, 0.25) is 0 Å². The highest BCUT2D eigenvalue weighted by Crippen LogP contribution is 2.30. The standard InChI is InChI=1S/C9H11NO.C5H11NO2/c11-8-5-1-3-7-4-2-6-10-9(7)8;1-3(2)4(6)5(7)8/h1,3,5,10-11H,2,4,6H2;3-4H,6H2,1-2H3,(H,7,8)/t;4-/m.0/s1. The Bertz CT molecular complexity index is 433. The maximum atomic E-state index is 10.0. The number of anilines is 1. The zero-order valence-corrected chi connectivity index (χ0v) is 11.4. The largest absolute Gasteiger partial charge is 0.506 e. The third-order valence-corrected chi connectivity index (χ3v) is 3.06. The second kappa shape index (κ2) is 6.99. The van der Waals surface area contributed by atoms with Gasteiger partial charge in [0.05, 0.1) is 5.69 Å². The van der Waals surface area contributed by atoms with Gasteiger partial charge >= 0.3 is 5.97 Å². The van der Waals surface area contributed by atoms with Crippen molar-refractivity contribution in [1.82, 2.24) is 0 Å². The number of carbonyl (C=O) groups is 1. The monoisotopic (exact) mass is 266 g/mol. The molecule has 1 aromatic rings. The molecule has 2 rings (SSSR count). The number of hydrogen-bond donors (Lipinski definition) is 4. The van der Waals surface area contributed by atoms with E-state index in [1.165, 1.54) is 5.56 Å². The van der Waals surface area contributed by atoms with E-state index in [1.807, 2.05) is 6.07 Å². The lowest BCUT2D eigenvalue weighted by molar-refractivity contribution is -0.139. The SMILES string of the molecule is CC(C)[C@H](N)C(=O)O.Oc1cccc2c1NCCC2. The number of carboxylic acid groups (broad SMARTS) is 1. The van der Waals surface area contributed by atoms with Crippen LogP contribution in [-0.2, 0) is 11.2 Å². The second-order valence-electron chi connectivity index (χ2n) is 4.95. The van der Waals surface area contributed by atoms with Crippen molar-refractivity contribution in [1.29, 1.82) is 0 Å². The van der Waals surface area contributed by atoms with E-state index >= 15 is 0 Å². The van der Waals surface area contributed by atoms with Gasteiger partial charge in [-0.25, -0.2) is 0 Å². The molecule has 0 spiro atoms. The first-order chi connectivity index (χ1) is 8.93. The molecule has 1 aliphatic rings. The first-order valence-electron chi connectivity index (χ1n) is 6.46. The lowest BCUT2D eigenvalue weighted by Gasteiger charge is -2.18. The zero-order chi connectivity index (χ0) is 14.4. The molecule has 0 saturated heterocycles. The number of rotatable bonds is 2. The number of carboxylic acids is 1. The van der Waals surface area contributed by atoms with Gasteiger partial charge in [-0.2, -0.15) is 0 Å². The maximum absolute atomic E-state index is 10.0. The lowest BCUT2D eigenvalue weighted by atomic mass is 10.0. The van der Waals surface area contributed by atoms with Gasteiger partial charge in [-0.1, -0.05) is 26.0 Å². The van der Waals surface area contributed by atoms with Crippen LogP contribution in [0.1, 0.15) is 25.8 Å². The summed E-state index contributed by atoms with van der Waals surface area (Å²) in [7, 11) is 0. The summed E-state index contributed by atoms with van der Waals surface area (Å²) in [6.45, 7) is 4.53. The fourth-order valence-electron chi connectivity index (χ4n) is 1.78. The molecule has 5 heteroatoms. The number of para-hydroxylation sites is 1. The first kappa shape index (κ1) is 15.3. The van der Waals surface area contributed by atoms with Crippen molar-refractivity contribution in [3.63, 3.8) is 0 Å². The molecule has 0 bridgehead atoms. The summed E-state index contributed by atoms with van der Waals surface area (Å²) in [5.41, 5.74) is 7.32. The van der Waals surface area contributed by atoms with Gasteiger partial charge in [0, 0.05) is 6.54 Å². The van der Waals surface area contributed by atoms with Crippen LogP contribution in [0.15, 0.2) is 18.2 Å². The number of nitrogens with two attached hydrogens (primary N) is 1. The van der Waals surface area contributed by atoms with E-state index in [1.54, 1.807) is 19.9 Å². The molecular formula is C14H22N2O3. The Kier molecular flexibility index (Phi) is 5.63. The molecule has 5 N–H and O–H groups in total. The summed E-state index contributed by atoms with van der Waals surface area (Å²) in [5, 5.41) is 20.8. The highest BCUT2D eigenvalue weighted by atomic mass is 16.4. The summed E-state index contributed by atoms with van der Waals surface area (Å²) >= 11 is 0. The minimum Gasteiger partial charge on any atom is -0.506 e. The van der Waals surface area contributed by atoms with E-state index in [0.29, 0.717) is 5.75 Å². The van der Waals surface area contributed by atoms with Crippen LogP contribution < -0.4 is 11.1 Å². The molecule has 0 aliphatic carbocycles. The molecule has 1 aromatic carbocycles. The van der Waals surface area contributed by atoms with Crippen LogP contribution in [0.3, 0.4) is 0 Å². The molecule has 1 aliphatic heterocycles. The molecule has 106 valence electrons. The number of phenols is 1. The van der Waals surface area contributed by atoms with Crippen LogP contribution in [0.4, 0.5) is 5.69 Å². The minimum atomic E-state index is -0.931. The predicted molar refractivity (Wildman–Crippen MR) is 75.4 cm³/mol. The van der Waals surface area contributed by atoms with Crippen molar-refractivity contribution in [2.24, 2.45) is 11.7 Å². The van der Waals surface area contributed by atoms with Crippen molar-refractivity contribution in [2.75, 3.05) is 11.9 Å². The van der Waals surface area contributed by atoms with E-state index in [2.05, 4.69) is 11.4 Å². The van der Waals surface area contributed by atoms with Crippen LogP contribution in [0, 0.1) is 5.92 Å². The van der Waals surface area contributed by atoms with E-state index < -0.39 is 12.0 Å². The predicted octanol–water partition coefficient (Wildman–Crippen LogP) is 1.80. The molecule has 0 fully saturated rings. The van der Waals surface area contributed by atoms with E-state index in [9.17, 15) is 9.90 Å². The van der Waals surface area contributed by atoms with E-state index in [4.69, 9.17) is 10.8 Å². The molecule has 19 heavy (non-hydrogen) atoms. The number of fused-ring (bicyclic) bond motifs is 1. The van der Waals surface area contributed by atoms with Gasteiger partial charge in [-0.15, -0.1) is 0 Å². The topological polar surface area (TPSA) is 95.6 Å². The maximum Gasteiger partial charge on any atom is 0.320 e. The van der Waals surface area contributed by atoms with Crippen LogP contribution >= 0.6 is 0 Å². The normalized spacial score (nSPS) is 14.7. The highest BCUT2D eigenvalue weighted by molar-refractivity contribution is 5.73. The fraction of sp³-hybridized carbons (Fsp3) is 0.500. The molecule has 0 unspecified atom stereocenters. The van der Waals surface area contributed by atoms with Gasteiger partial charge < -0.3 is 21.3 Å². The van der Waals surface area contributed by atoms with Crippen LogP contribution in [0.25, 0.3) is 0 Å². The number of hydrogen-bond acceptors (Lipinski definition) is 4. The second-order valence-corrected chi connectivity index (χ2v) is 4.95. The molecule has 0 amide bonds. The molecule has 1 heterocycles. The third kappa shape index (κ3) is 4.44. The van der Waals surface area contributed by atoms with Crippen molar-refractivity contribution < 1.29 is 15.0 Å². The summed E-state index contributed by atoms with van der Waals surface area (Å²) in [4.78, 5) is 10.0. The molecule has 0 radical (unpaired) electrons. The van der Waals surface area contributed by atoms with E-state index in [0.717, 1.165) is 25.1 Å². The minimum absolute atomic E-state index is 0.0208. The summed E-state index contributed by atoms with van der Waals surface area (Å²) < 4.78 is 0. The highest BCUT2D eigenvalue weighted by Gasteiger charge is 2.14. The molecule has 0 aromatic heterocycles. The van der Waals surface area contributed by atoms with Crippen LogP contribution in [0.2, 0.25) is 0 Å². The van der Waals surface area contributed by atoms with E-state index in [-0.39, 0.29) is 5.92 Å². The number of aryl methyl sites for hydroxylation is 1. The quantitative estimate of drug-likeness (QED) is 0.612. The van der Waals surface area contributed by atoms with Gasteiger partial charge in [-0.05, 0) is 30.4 Å². The molecule has 5 nitrogen and oxygen atoms in total. The number of phenolic OH excluding ortho intramolecular Hbond substituents is 1. The number of nitrogens with one attached hydrogen (secondary N) is 1. The zero-order valence-electron chi connectivity index (χ0n) is 11.4. The Morgan fingerprint density at radius 3 is 2.58 bits per heavy atom.